The van der Waals surface area contributed by atoms with Gasteiger partial charge in [-0.1, -0.05) is 35.9 Å². The average Bonchev–Trinajstić information content (AvgIpc) is 2.56. The Morgan fingerprint density at radius 1 is 1.13 bits per heavy atom. The predicted molar refractivity (Wildman–Crippen MR) is 89.6 cm³/mol. The zero-order chi connectivity index (χ0) is 16.6. The van der Waals surface area contributed by atoms with Gasteiger partial charge in [-0.3, -0.25) is 4.79 Å². The molecule has 1 aliphatic heterocycles. The van der Waals surface area contributed by atoms with Gasteiger partial charge in [-0.05, 0) is 32.0 Å². The molecule has 1 heterocycles. The van der Waals surface area contributed by atoms with Gasteiger partial charge < -0.3 is 14.7 Å². The van der Waals surface area contributed by atoms with Crippen molar-refractivity contribution in [3.8, 4) is 0 Å². The third-order valence-corrected chi connectivity index (χ3v) is 4.49. The molecule has 23 heavy (non-hydrogen) atoms. The maximum absolute atomic E-state index is 13.0. The molecular weight excluding hydrogens is 290 g/mol. The molecule has 2 aromatic carbocycles. The monoisotopic (exact) mass is 311 g/mol. The third-order valence-electron chi connectivity index (χ3n) is 4.49. The summed E-state index contributed by atoms with van der Waals surface area (Å²) in [6.45, 7) is 3.83. The molecule has 0 fully saturated rings. The van der Waals surface area contributed by atoms with Crippen LogP contribution in [0.1, 0.15) is 34.5 Å². The van der Waals surface area contributed by atoms with E-state index in [0.29, 0.717) is 5.56 Å². The highest BCUT2D eigenvalue weighted by atomic mass is 16.5. The molecule has 120 valence electrons. The van der Waals surface area contributed by atoms with E-state index < -0.39 is 12.2 Å². The highest BCUT2D eigenvalue weighted by Crippen LogP contribution is 2.39. The number of carbonyl (C=O) groups is 1. The number of fused-ring (bicyclic) bond motifs is 1. The van der Waals surface area contributed by atoms with Crippen molar-refractivity contribution < 1.29 is 14.6 Å². The number of carbonyl (C=O) groups excluding carboxylic acids is 1. The number of ether oxygens (including phenoxy) is 1. The van der Waals surface area contributed by atoms with E-state index in [1.54, 1.807) is 12.0 Å². The summed E-state index contributed by atoms with van der Waals surface area (Å²) in [5.74, 6) is -0.112. The lowest BCUT2D eigenvalue weighted by Crippen LogP contribution is -2.51. The molecule has 0 radical (unpaired) electrons. The lowest BCUT2D eigenvalue weighted by atomic mass is 9.90. The Labute approximate surface area is 136 Å². The van der Waals surface area contributed by atoms with Gasteiger partial charge in [0, 0.05) is 18.2 Å². The van der Waals surface area contributed by atoms with Crippen LogP contribution in [0.15, 0.2) is 48.5 Å². The minimum absolute atomic E-state index is 0.112. The minimum Gasteiger partial charge on any atom is -0.388 e. The fraction of sp³-hybridized carbons (Fsp3) is 0.316. The summed E-state index contributed by atoms with van der Waals surface area (Å²) in [5, 5.41) is 10.6. The number of rotatable bonds is 2. The molecule has 0 aliphatic carbocycles. The normalized spacial score (nSPS) is 23.5. The van der Waals surface area contributed by atoms with Crippen LogP contribution in [0.25, 0.3) is 0 Å². The van der Waals surface area contributed by atoms with Crippen molar-refractivity contribution in [1.82, 2.24) is 0 Å². The van der Waals surface area contributed by atoms with Crippen molar-refractivity contribution in [1.29, 1.82) is 0 Å². The lowest BCUT2D eigenvalue weighted by molar-refractivity contribution is -0.0287. The molecule has 0 spiro atoms. The standard InChI is InChI=1S/C19H21NO3/c1-12-8-10-14(11-9-12)19(22)20-13(2)17(21)18(23-3)15-6-4-5-7-16(15)20/h4-11,13,17-18,21H,1-3H3/t13-,17-,18-/m0/s1. The summed E-state index contributed by atoms with van der Waals surface area (Å²) in [5.41, 5.74) is 3.34. The summed E-state index contributed by atoms with van der Waals surface area (Å²) >= 11 is 0. The van der Waals surface area contributed by atoms with E-state index in [4.69, 9.17) is 4.74 Å². The zero-order valence-corrected chi connectivity index (χ0v) is 13.6. The fourth-order valence-corrected chi connectivity index (χ4v) is 3.15. The maximum Gasteiger partial charge on any atom is 0.258 e. The molecule has 0 saturated carbocycles. The number of amides is 1. The van der Waals surface area contributed by atoms with Gasteiger partial charge in [-0.2, -0.15) is 0 Å². The number of aliphatic hydroxyl groups excluding tert-OH is 1. The third kappa shape index (κ3) is 2.64. The molecule has 4 heteroatoms. The van der Waals surface area contributed by atoms with Crippen molar-refractivity contribution in [2.45, 2.75) is 32.1 Å². The van der Waals surface area contributed by atoms with Crippen LogP contribution in [0.5, 0.6) is 0 Å². The van der Waals surface area contributed by atoms with Crippen molar-refractivity contribution in [3.63, 3.8) is 0 Å². The molecule has 1 aliphatic rings. The number of hydrogen-bond donors (Lipinski definition) is 1. The summed E-state index contributed by atoms with van der Waals surface area (Å²) < 4.78 is 5.46. The molecule has 0 unspecified atom stereocenters. The largest absolute Gasteiger partial charge is 0.388 e. The summed E-state index contributed by atoms with van der Waals surface area (Å²) in [4.78, 5) is 14.7. The molecule has 3 rings (SSSR count). The summed E-state index contributed by atoms with van der Waals surface area (Å²) in [7, 11) is 1.58. The Morgan fingerprint density at radius 2 is 1.78 bits per heavy atom. The molecule has 1 N–H and O–H groups in total. The highest BCUT2D eigenvalue weighted by Gasteiger charge is 2.40. The van der Waals surface area contributed by atoms with E-state index in [-0.39, 0.29) is 11.9 Å². The fourth-order valence-electron chi connectivity index (χ4n) is 3.15. The second-order valence-corrected chi connectivity index (χ2v) is 5.99. The SMILES string of the molecule is CO[C@H]1c2ccccc2N(C(=O)c2ccc(C)cc2)[C@@H](C)[C@@H]1O. The minimum atomic E-state index is -0.774. The lowest BCUT2D eigenvalue weighted by Gasteiger charge is -2.42. The molecule has 4 nitrogen and oxygen atoms in total. The highest BCUT2D eigenvalue weighted by molar-refractivity contribution is 6.07. The number of nitrogens with zero attached hydrogens (tertiary/aromatic N) is 1. The van der Waals surface area contributed by atoms with Gasteiger partial charge in [-0.25, -0.2) is 0 Å². The van der Waals surface area contributed by atoms with Gasteiger partial charge >= 0.3 is 0 Å². The number of anilines is 1. The number of para-hydroxylation sites is 1. The first kappa shape index (κ1) is 15.7. The topological polar surface area (TPSA) is 49.8 Å². The van der Waals surface area contributed by atoms with E-state index in [2.05, 4.69) is 0 Å². The molecule has 2 aromatic rings. The van der Waals surface area contributed by atoms with Crippen LogP contribution >= 0.6 is 0 Å². The molecule has 3 atom stereocenters. The van der Waals surface area contributed by atoms with Crippen LogP contribution in [-0.2, 0) is 4.74 Å². The Hall–Kier alpha value is -2.17. The number of methoxy groups -OCH3 is 1. The predicted octanol–water partition coefficient (Wildman–Crippen LogP) is 3.09. The van der Waals surface area contributed by atoms with Gasteiger partial charge in [0.15, 0.2) is 0 Å². The zero-order valence-electron chi connectivity index (χ0n) is 13.6. The molecular formula is C19H21NO3. The second kappa shape index (κ2) is 6.14. The van der Waals surface area contributed by atoms with Crippen LogP contribution in [0.4, 0.5) is 5.69 Å². The Kier molecular flexibility index (Phi) is 4.20. The number of benzene rings is 2. The van der Waals surface area contributed by atoms with Crippen LogP contribution in [-0.4, -0.2) is 30.3 Å². The van der Waals surface area contributed by atoms with Gasteiger partial charge in [-0.15, -0.1) is 0 Å². The van der Waals surface area contributed by atoms with Gasteiger partial charge in [0.25, 0.3) is 5.91 Å². The molecule has 0 bridgehead atoms. The van der Waals surface area contributed by atoms with E-state index >= 15 is 0 Å². The van der Waals surface area contributed by atoms with Gasteiger partial charge in [0.05, 0.1) is 11.7 Å². The Bertz CT molecular complexity index is 711. The number of aryl methyl sites for hydroxylation is 1. The van der Waals surface area contributed by atoms with Crippen LogP contribution in [0.3, 0.4) is 0 Å². The molecule has 0 saturated heterocycles. The van der Waals surface area contributed by atoms with Crippen molar-refractivity contribution in [3.05, 3.63) is 65.2 Å². The smallest absolute Gasteiger partial charge is 0.258 e. The summed E-state index contributed by atoms with van der Waals surface area (Å²) in [6, 6.07) is 14.7. The molecule has 1 amide bonds. The Morgan fingerprint density at radius 3 is 2.43 bits per heavy atom. The van der Waals surface area contributed by atoms with Crippen LogP contribution in [0.2, 0.25) is 0 Å². The quantitative estimate of drug-likeness (QED) is 0.927. The van der Waals surface area contributed by atoms with Crippen molar-refractivity contribution >= 4 is 11.6 Å². The van der Waals surface area contributed by atoms with E-state index in [1.807, 2.05) is 62.4 Å². The van der Waals surface area contributed by atoms with Gasteiger partial charge in [0.2, 0.25) is 0 Å². The van der Waals surface area contributed by atoms with Crippen LogP contribution < -0.4 is 4.90 Å². The number of hydrogen-bond acceptors (Lipinski definition) is 3. The first-order valence-electron chi connectivity index (χ1n) is 7.74. The second-order valence-electron chi connectivity index (χ2n) is 5.99. The van der Waals surface area contributed by atoms with Gasteiger partial charge in [0.1, 0.15) is 12.2 Å². The summed E-state index contributed by atoms with van der Waals surface area (Å²) in [6.07, 6.45) is -1.20. The molecule has 0 aromatic heterocycles. The maximum atomic E-state index is 13.0. The number of aliphatic hydroxyl groups is 1. The average molecular weight is 311 g/mol. The van der Waals surface area contributed by atoms with Crippen molar-refractivity contribution in [2.24, 2.45) is 0 Å². The first-order chi connectivity index (χ1) is 11.0. The van der Waals surface area contributed by atoms with Crippen LogP contribution in [0, 0.1) is 6.92 Å². The van der Waals surface area contributed by atoms with E-state index in [0.717, 1.165) is 16.8 Å². The van der Waals surface area contributed by atoms with E-state index in [9.17, 15) is 9.90 Å². The van der Waals surface area contributed by atoms with Crippen molar-refractivity contribution in [2.75, 3.05) is 12.0 Å². The van der Waals surface area contributed by atoms with E-state index in [1.165, 1.54) is 0 Å². The first-order valence-corrected chi connectivity index (χ1v) is 7.74. The Balaban J connectivity index is 2.07.